The number of hydrogen-bond acceptors (Lipinski definition) is 4. The van der Waals surface area contributed by atoms with Gasteiger partial charge in [0.25, 0.3) is 0 Å². The molecule has 1 aromatic carbocycles. The number of carboxylic acid groups (broad SMARTS) is 1. The molecule has 1 amide bonds. The van der Waals surface area contributed by atoms with Crippen molar-refractivity contribution in [2.24, 2.45) is 0 Å². The van der Waals surface area contributed by atoms with E-state index in [0.29, 0.717) is 30.1 Å². The zero-order valence-corrected chi connectivity index (χ0v) is 14.4. The standard InChI is InChI=1S/C19H21FN2O4/c20-14-6-4-13(5-7-14)19-21-15(12-26-19)11-17(23)22-10-2-1-3-16(22)8-9-18(24)25/h4-7,12,16H,1-3,8-11H2,(H,24,25)/t16-/m1/s1. The molecule has 0 bridgehead atoms. The molecule has 7 heteroatoms. The van der Waals surface area contributed by atoms with Crippen LogP contribution in [0.4, 0.5) is 4.39 Å². The van der Waals surface area contributed by atoms with E-state index in [9.17, 15) is 14.0 Å². The Morgan fingerprint density at radius 1 is 1.27 bits per heavy atom. The summed E-state index contributed by atoms with van der Waals surface area (Å²) >= 11 is 0. The van der Waals surface area contributed by atoms with Crippen molar-refractivity contribution < 1.29 is 23.5 Å². The molecule has 26 heavy (non-hydrogen) atoms. The van der Waals surface area contributed by atoms with Gasteiger partial charge in [0.1, 0.15) is 12.1 Å². The highest BCUT2D eigenvalue weighted by molar-refractivity contribution is 5.79. The Kier molecular flexibility index (Phi) is 5.65. The second-order valence-corrected chi connectivity index (χ2v) is 6.50. The van der Waals surface area contributed by atoms with Gasteiger partial charge in [-0.25, -0.2) is 9.37 Å². The summed E-state index contributed by atoms with van der Waals surface area (Å²) in [4.78, 5) is 29.6. The zero-order chi connectivity index (χ0) is 18.5. The van der Waals surface area contributed by atoms with Crippen LogP contribution in [0.2, 0.25) is 0 Å². The molecular weight excluding hydrogens is 339 g/mol. The molecule has 1 atom stereocenters. The largest absolute Gasteiger partial charge is 0.481 e. The maximum absolute atomic E-state index is 13.0. The summed E-state index contributed by atoms with van der Waals surface area (Å²) in [6.45, 7) is 0.645. The first-order valence-corrected chi connectivity index (χ1v) is 8.74. The summed E-state index contributed by atoms with van der Waals surface area (Å²) in [7, 11) is 0. The molecule has 0 saturated carbocycles. The monoisotopic (exact) mass is 360 g/mol. The number of piperidine rings is 1. The van der Waals surface area contributed by atoms with Crippen molar-refractivity contribution in [2.45, 2.75) is 44.6 Å². The first kappa shape index (κ1) is 18.1. The Bertz CT molecular complexity index is 772. The van der Waals surface area contributed by atoms with Crippen molar-refractivity contribution in [1.82, 2.24) is 9.88 Å². The highest BCUT2D eigenvalue weighted by atomic mass is 19.1. The average molecular weight is 360 g/mol. The second-order valence-electron chi connectivity index (χ2n) is 6.50. The van der Waals surface area contributed by atoms with Gasteiger partial charge in [-0.15, -0.1) is 0 Å². The van der Waals surface area contributed by atoms with Crippen LogP contribution in [-0.2, 0) is 16.0 Å². The summed E-state index contributed by atoms with van der Waals surface area (Å²) in [6.07, 6.45) is 4.84. The van der Waals surface area contributed by atoms with Crippen LogP contribution in [0, 0.1) is 5.82 Å². The topological polar surface area (TPSA) is 83.6 Å². The quantitative estimate of drug-likeness (QED) is 0.855. The Labute approximate surface area is 150 Å². The lowest BCUT2D eigenvalue weighted by Gasteiger charge is -2.35. The molecule has 0 radical (unpaired) electrons. The second kappa shape index (κ2) is 8.12. The number of amides is 1. The molecule has 138 valence electrons. The van der Waals surface area contributed by atoms with E-state index in [0.717, 1.165) is 19.3 Å². The van der Waals surface area contributed by atoms with Crippen LogP contribution >= 0.6 is 0 Å². The molecule has 1 aromatic heterocycles. The van der Waals surface area contributed by atoms with Gasteiger partial charge in [-0.3, -0.25) is 9.59 Å². The number of likely N-dealkylation sites (tertiary alicyclic amines) is 1. The van der Waals surface area contributed by atoms with Gasteiger partial charge in [-0.05, 0) is 49.9 Å². The summed E-state index contributed by atoms with van der Waals surface area (Å²) in [5.74, 6) is -0.912. The Morgan fingerprint density at radius 2 is 2.04 bits per heavy atom. The fourth-order valence-corrected chi connectivity index (χ4v) is 3.29. The number of aromatic nitrogens is 1. The summed E-state index contributed by atoms with van der Waals surface area (Å²) in [5, 5.41) is 8.88. The van der Waals surface area contributed by atoms with Gasteiger partial charge in [-0.1, -0.05) is 0 Å². The van der Waals surface area contributed by atoms with Crippen LogP contribution in [0.3, 0.4) is 0 Å². The highest BCUT2D eigenvalue weighted by Gasteiger charge is 2.27. The van der Waals surface area contributed by atoms with E-state index in [2.05, 4.69) is 4.98 Å². The smallest absolute Gasteiger partial charge is 0.303 e. The Hall–Kier alpha value is -2.70. The molecule has 2 heterocycles. The van der Waals surface area contributed by atoms with Crippen LogP contribution in [0.15, 0.2) is 34.9 Å². The molecule has 1 saturated heterocycles. The Morgan fingerprint density at radius 3 is 2.77 bits per heavy atom. The Balaban J connectivity index is 1.65. The predicted octanol–water partition coefficient (Wildman–Crippen LogP) is 3.27. The first-order valence-electron chi connectivity index (χ1n) is 8.74. The third-order valence-electron chi connectivity index (χ3n) is 4.61. The number of carboxylic acids is 1. The van der Waals surface area contributed by atoms with Gasteiger partial charge in [0, 0.05) is 24.6 Å². The van der Waals surface area contributed by atoms with E-state index in [-0.39, 0.29) is 30.6 Å². The molecule has 1 fully saturated rings. The number of halogens is 1. The lowest BCUT2D eigenvalue weighted by atomic mass is 9.97. The lowest BCUT2D eigenvalue weighted by molar-refractivity contribution is -0.139. The number of rotatable bonds is 6. The highest BCUT2D eigenvalue weighted by Crippen LogP contribution is 2.23. The lowest BCUT2D eigenvalue weighted by Crippen LogP contribution is -2.44. The minimum atomic E-state index is -0.844. The molecular formula is C19H21FN2O4. The van der Waals surface area contributed by atoms with E-state index in [4.69, 9.17) is 9.52 Å². The summed E-state index contributed by atoms with van der Waals surface area (Å²) < 4.78 is 18.4. The number of oxazole rings is 1. The van der Waals surface area contributed by atoms with Gasteiger partial charge in [0.15, 0.2) is 0 Å². The van der Waals surface area contributed by atoms with E-state index >= 15 is 0 Å². The van der Waals surface area contributed by atoms with Crippen molar-refractivity contribution in [3.8, 4) is 11.5 Å². The van der Waals surface area contributed by atoms with Crippen molar-refractivity contribution in [1.29, 1.82) is 0 Å². The van der Waals surface area contributed by atoms with Gasteiger partial charge in [0.2, 0.25) is 11.8 Å². The maximum atomic E-state index is 13.0. The number of hydrogen-bond donors (Lipinski definition) is 1. The third-order valence-corrected chi connectivity index (χ3v) is 4.61. The zero-order valence-electron chi connectivity index (χ0n) is 14.4. The number of benzene rings is 1. The van der Waals surface area contributed by atoms with Crippen molar-refractivity contribution >= 4 is 11.9 Å². The van der Waals surface area contributed by atoms with Crippen molar-refractivity contribution in [3.63, 3.8) is 0 Å². The van der Waals surface area contributed by atoms with Crippen LogP contribution in [-0.4, -0.2) is 39.5 Å². The number of carbonyl (C=O) groups is 2. The number of carbonyl (C=O) groups excluding carboxylic acids is 1. The fraction of sp³-hybridized carbons (Fsp3) is 0.421. The molecule has 0 spiro atoms. The summed E-state index contributed by atoms with van der Waals surface area (Å²) in [6, 6.07) is 5.76. The maximum Gasteiger partial charge on any atom is 0.303 e. The summed E-state index contributed by atoms with van der Waals surface area (Å²) in [5.41, 5.74) is 1.15. The minimum absolute atomic E-state index is 0.0316. The normalized spacial score (nSPS) is 17.3. The van der Waals surface area contributed by atoms with E-state index in [1.165, 1.54) is 18.4 Å². The molecule has 0 unspecified atom stereocenters. The van der Waals surface area contributed by atoms with Gasteiger partial charge in [-0.2, -0.15) is 0 Å². The van der Waals surface area contributed by atoms with Crippen LogP contribution < -0.4 is 0 Å². The number of aliphatic carboxylic acids is 1. The average Bonchev–Trinajstić information content (AvgIpc) is 3.09. The van der Waals surface area contributed by atoms with Gasteiger partial charge in [0.05, 0.1) is 12.1 Å². The number of nitrogens with zero attached hydrogens (tertiary/aromatic N) is 2. The fourth-order valence-electron chi connectivity index (χ4n) is 3.29. The molecule has 0 aliphatic carbocycles. The molecule has 1 N–H and O–H groups in total. The van der Waals surface area contributed by atoms with Crippen molar-refractivity contribution in [3.05, 3.63) is 42.0 Å². The molecule has 1 aliphatic rings. The van der Waals surface area contributed by atoms with Crippen LogP contribution in [0.1, 0.15) is 37.8 Å². The first-order chi connectivity index (χ1) is 12.5. The van der Waals surface area contributed by atoms with E-state index < -0.39 is 5.97 Å². The van der Waals surface area contributed by atoms with Gasteiger partial charge < -0.3 is 14.4 Å². The predicted molar refractivity (Wildman–Crippen MR) is 91.8 cm³/mol. The molecule has 3 rings (SSSR count). The molecule has 2 aromatic rings. The third kappa shape index (κ3) is 4.47. The van der Waals surface area contributed by atoms with Gasteiger partial charge >= 0.3 is 5.97 Å². The van der Waals surface area contributed by atoms with Crippen LogP contribution in [0.25, 0.3) is 11.5 Å². The van der Waals surface area contributed by atoms with E-state index in [1.54, 1.807) is 17.0 Å². The molecule has 1 aliphatic heterocycles. The van der Waals surface area contributed by atoms with Crippen molar-refractivity contribution in [2.75, 3.05) is 6.54 Å². The minimum Gasteiger partial charge on any atom is -0.481 e. The SMILES string of the molecule is O=C(O)CC[C@H]1CCCCN1C(=O)Cc1coc(-c2ccc(F)cc2)n1. The molecule has 6 nitrogen and oxygen atoms in total. The van der Waals surface area contributed by atoms with Crippen LogP contribution in [0.5, 0.6) is 0 Å². The van der Waals surface area contributed by atoms with E-state index in [1.807, 2.05) is 0 Å².